The van der Waals surface area contributed by atoms with Crippen LogP contribution in [0, 0.1) is 0 Å². The van der Waals surface area contributed by atoms with Gasteiger partial charge in [-0.2, -0.15) is 5.10 Å². The van der Waals surface area contributed by atoms with Crippen molar-refractivity contribution in [1.82, 2.24) is 14.8 Å². The minimum absolute atomic E-state index is 0.223. The van der Waals surface area contributed by atoms with Gasteiger partial charge in [-0.3, -0.25) is 4.79 Å². The molecule has 1 fully saturated rings. The molecule has 0 aliphatic heterocycles. The van der Waals surface area contributed by atoms with E-state index in [9.17, 15) is 15.0 Å². The van der Waals surface area contributed by atoms with Gasteiger partial charge in [0.05, 0.1) is 6.10 Å². The topological polar surface area (TPSA) is 88.2 Å². The van der Waals surface area contributed by atoms with Crippen LogP contribution >= 0.6 is 0 Å². The maximum absolute atomic E-state index is 11.2. The first-order valence-corrected chi connectivity index (χ1v) is 4.90. The van der Waals surface area contributed by atoms with E-state index in [1.165, 1.54) is 6.33 Å². The summed E-state index contributed by atoms with van der Waals surface area (Å²) >= 11 is 0. The second kappa shape index (κ2) is 3.30. The van der Waals surface area contributed by atoms with Gasteiger partial charge in [0.25, 0.3) is 0 Å². The molecule has 1 saturated carbocycles. The van der Waals surface area contributed by atoms with E-state index in [0.717, 1.165) is 0 Å². The van der Waals surface area contributed by atoms with Gasteiger partial charge in [-0.15, -0.1) is 0 Å². The quantitative estimate of drug-likeness (QED) is 0.721. The fourth-order valence-electron chi connectivity index (χ4n) is 2.06. The van der Waals surface area contributed by atoms with E-state index in [0.29, 0.717) is 12.4 Å². The number of aromatic nitrogens is 3. The van der Waals surface area contributed by atoms with Gasteiger partial charge in [-0.1, -0.05) is 0 Å². The Balaban J connectivity index is 2.38. The first kappa shape index (κ1) is 10.1. The Bertz CT molecular complexity index is 382. The van der Waals surface area contributed by atoms with Gasteiger partial charge in [0, 0.05) is 6.54 Å². The minimum Gasteiger partial charge on any atom is -0.480 e. The molecule has 1 aromatic heterocycles. The van der Waals surface area contributed by atoms with Crippen LogP contribution in [-0.2, 0) is 16.8 Å². The lowest BCUT2D eigenvalue weighted by atomic mass is 9.66. The predicted molar refractivity (Wildman–Crippen MR) is 50.3 cm³/mol. The van der Waals surface area contributed by atoms with Crippen LogP contribution in [0.1, 0.15) is 25.6 Å². The Morgan fingerprint density at radius 2 is 2.40 bits per heavy atom. The van der Waals surface area contributed by atoms with Crippen molar-refractivity contribution in [1.29, 1.82) is 0 Å². The van der Waals surface area contributed by atoms with Gasteiger partial charge in [0.2, 0.25) is 0 Å². The summed E-state index contributed by atoms with van der Waals surface area (Å²) in [5.41, 5.74) is -1.04. The SMILES string of the molecule is CCn1ncnc1C1(C(=O)O)CC(O)C1. The van der Waals surface area contributed by atoms with Gasteiger partial charge in [0.15, 0.2) is 0 Å². The average Bonchev–Trinajstić information content (AvgIpc) is 2.59. The van der Waals surface area contributed by atoms with Crippen molar-refractivity contribution in [3.8, 4) is 0 Å². The van der Waals surface area contributed by atoms with Crippen molar-refractivity contribution in [3.63, 3.8) is 0 Å². The lowest BCUT2D eigenvalue weighted by Gasteiger charge is -2.40. The van der Waals surface area contributed by atoms with Crippen LogP contribution in [0.2, 0.25) is 0 Å². The number of carboxylic acid groups (broad SMARTS) is 1. The van der Waals surface area contributed by atoms with E-state index in [4.69, 9.17) is 0 Å². The zero-order valence-corrected chi connectivity index (χ0v) is 8.42. The van der Waals surface area contributed by atoms with E-state index in [-0.39, 0.29) is 12.8 Å². The summed E-state index contributed by atoms with van der Waals surface area (Å²) in [4.78, 5) is 15.2. The fourth-order valence-corrected chi connectivity index (χ4v) is 2.06. The minimum atomic E-state index is -1.04. The summed E-state index contributed by atoms with van der Waals surface area (Å²) in [7, 11) is 0. The molecule has 0 atom stereocenters. The number of carboxylic acids is 1. The number of aryl methyl sites for hydroxylation is 1. The summed E-state index contributed by atoms with van der Waals surface area (Å²) in [6.45, 7) is 2.46. The normalized spacial score (nSPS) is 29.9. The molecule has 0 aromatic carbocycles. The highest BCUT2D eigenvalue weighted by Crippen LogP contribution is 2.43. The molecule has 1 aliphatic carbocycles. The van der Waals surface area contributed by atoms with Crippen molar-refractivity contribution < 1.29 is 15.0 Å². The molecule has 0 bridgehead atoms. The second-order valence-corrected chi connectivity index (χ2v) is 3.85. The summed E-state index contributed by atoms with van der Waals surface area (Å²) in [5, 5.41) is 22.4. The molecular formula is C9H13N3O3. The molecule has 82 valence electrons. The summed E-state index contributed by atoms with van der Waals surface area (Å²) in [6.07, 6.45) is 1.26. The van der Waals surface area contributed by atoms with Gasteiger partial charge in [0.1, 0.15) is 17.6 Å². The van der Waals surface area contributed by atoms with Gasteiger partial charge >= 0.3 is 5.97 Å². The van der Waals surface area contributed by atoms with Gasteiger partial charge in [-0.25, -0.2) is 9.67 Å². The van der Waals surface area contributed by atoms with Crippen LogP contribution < -0.4 is 0 Å². The van der Waals surface area contributed by atoms with E-state index in [2.05, 4.69) is 10.1 Å². The largest absolute Gasteiger partial charge is 0.480 e. The first-order valence-electron chi connectivity index (χ1n) is 4.90. The van der Waals surface area contributed by atoms with Crippen LogP contribution in [0.4, 0.5) is 0 Å². The summed E-state index contributed by atoms with van der Waals surface area (Å²) in [6, 6.07) is 0. The monoisotopic (exact) mass is 211 g/mol. The van der Waals surface area contributed by atoms with Crippen LogP contribution in [0.5, 0.6) is 0 Å². The molecule has 15 heavy (non-hydrogen) atoms. The third-order valence-electron chi connectivity index (χ3n) is 2.92. The Labute approximate surface area is 86.6 Å². The van der Waals surface area contributed by atoms with Crippen LogP contribution in [0.15, 0.2) is 6.33 Å². The number of hydrogen-bond acceptors (Lipinski definition) is 4. The predicted octanol–water partition coefficient (Wildman–Crippen LogP) is -0.225. The van der Waals surface area contributed by atoms with Crippen molar-refractivity contribution in [2.45, 2.75) is 37.8 Å². The number of carbonyl (C=O) groups is 1. The van der Waals surface area contributed by atoms with Crippen molar-refractivity contribution in [3.05, 3.63) is 12.2 Å². The molecule has 1 aromatic rings. The lowest BCUT2D eigenvalue weighted by molar-refractivity contribution is -0.153. The summed E-state index contributed by atoms with van der Waals surface area (Å²) < 4.78 is 1.57. The van der Waals surface area contributed by atoms with Crippen molar-refractivity contribution in [2.75, 3.05) is 0 Å². The highest BCUT2D eigenvalue weighted by atomic mass is 16.4. The van der Waals surface area contributed by atoms with E-state index in [1.54, 1.807) is 4.68 Å². The van der Waals surface area contributed by atoms with Crippen molar-refractivity contribution in [2.24, 2.45) is 0 Å². The number of aliphatic carboxylic acids is 1. The molecule has 1 aliphatic rings. The van der Waals surface area contributed by atoms with E-state index < -0.39 is 17.5 Å². The van der Waals surface area contributed by atoms with Crippen LogP contribution in [0.25, 0.3) is 0 Å². The Morgan fingerprint density at radius 1 is 1.73 bits per heavy atom. The van der Waals surface area contributed by atoms with Gasteiger partial charge in [-0.05, 0) is 19.8 Å². The molecule has 6 heteroatoms. The van der Waals surface area contributed by atoms with Crippen LogP contribution in [0.3, 0.4) is 0 Å². The number of aliphatic hydroxyl groups is 1. The van der Waals surface area contributed by atoms with Gasteiger partial charge < -0.3 is 10.2 Å². The fraction of sp³-hybridized carbons (Fsp3) is 0.667. The highest BCUT2D eigenvalue weighted by Gasteiger charge is 2.54. The molecule has 0 amide bonds. The number of rotatable bonds is 3. The molecule has 0 unspecified atom stereocenters. The van der Waals surface area contributed by atoms with E-state index in [1.807, 2.05) is 6.92 Å². The molecule has 0 radical (unpaired) electrons. The average molecular weight is 211 g/mol. The third kappa shape index (κ3) is 1.32. The maximum atomic E-state index is 11.2. The Kier molecular flexibility index (Phi) is 2.22. The Hall–Kier alpha value is -1.43. The van der Waals surface area contributed by atoms with Crippen LogP contribution in [-0.4, -0.2) is 37.1 Å². The van der Waals surface area contributed by atoms with E-state index >= 15 is 0 Å². The summed E-state index contributed by atoms with van der Waals surface area (Å²) in [5.74, 6) is -0.488. The molecule has 2 N–H and O–H groups in total. The van der Waals surface area contributed by atoms with Crippen molar-refractivity contribution >= 4 is 5.97 Å². The molecule has 1 heterocycles. The highest BCUT2D eigenvalue weighted by molar-refractivity contribution is 5.81. The number of hydrogen-bond donors (Lipinski definition) is 2. The maximum Gasteiger partial charge on any atom is 0.317 e. The number of nitrogens with zero attached hydrogens (tertiary/aromatic N) is 3. The molecule has 0 spiro atoms. The second-order valence-electron chi connectivity index (χ2n) is 3.85. The molecule has 0 saturated heterocycles. The molecular weight excluding hydrogens is 198 g/mol. The standard InChI is InChI=1S/C9H13N3O3/c1-2-12-7(10-5-11-12)9(8(14)15)3-6(13)4-9/h5-6,13H,2-4H2,1H3,(H,14,15). The molecule has 2 rings (SSSR count). The zero-order valence-electron chi connectivity index (χ0n) is 8.42. The lowest BCUT2D eigenvalue weighted by Crippen LogP contribution is -2.52. The zero-order chi connectivity index (χ0) is 11.1. The smallest absolute Gasteiger partial charge is 0.317 e. The first-order chi connectivity index (χ1) is 7.10. The number of aliphatic hydroxyl groups excluding tert-OH is 1. The third-order valence-corrected chi connectivity index (χ3v) is 2.92. The Morgan fingerprint density at radius 3 is 2.87 bits per heavy atom. The molecule has 6 nitrogen and oxygen atoms in total.